The molecule has 0 bridgehead atoms. The minimum absolute atomic E-state index is 0.0340. The summed E-state index contributed by atoms with van der Waals surface area (Å²) in [5.41, 5.74) is 0.974. The zero-order valence-corrected chi connectivity index (χ0v) is 17.0. The lowest BCUT2D eigenvalue weighted by molar-refractivity contribution is -0.925. The minimum Gasteiger partial charge on any atom is -0.458 e. The van der Waals surface area contributed by atoms with Crippen molar-refractivity contribution in [3.8, 4) is 0 Å². The highest BCUT2D eigenvalue weighted by molar-refractivity contribution is 5.90. The molecule has 0 spiro atoms. The summed E-state index contributed by atoms with van der Waals surface area (Å²) >= 11 is 0. The van der Waals surface area contributed by atoms with E-state index in [4.69, 9.17) is 9.47 Å². The zero-order chi connectivity index (χ0) is 20.4. The van der Waals surface area contributed by atoms with E-state index in [2.05, 4.69) is 20.8 Å². The topological polar surface area (TPSA) is 52.6 Å². The number of likely N-dealkylation sites (N-methyl/N-ethyl adjacent to an activating group) is 1. The van der Waals surface area contributed by atoms with Crippen LogP contribution in [-0.4, -0.2) is 55.3 Å². The van der Waals surface area contributed by atoms with Crippen LogP contribution in [-0.2, 0) is 9.47 Å². The Kier molecular flexibility index (Phi) is 8.20. The van der Waals surface area contributed by atoms with E-state index in [0.29, 0.717) is 17.7 Å². The SMILES string of the molecule is CC[N+](CC)(CC)CC(COC(=O)c1ccccc1)OC(=O)c1ccccc1. The Morgan fingerprint density at radius 1 is 0.786 bits per heavy atom. The van der Waals surface area contributed by atoms with Crippen LogP contribution in [0.3, 0.4) is 0 Å². The third kappa shape index (κ3) is 5.92. The molecule has 2 aromatic carbocycles. The van der Waals surface area contributed by atoms with Gasteiger partial charge in [0.25, 0.3) is 0 Å². The molecular weight excluding hydrogens is 354 g/mol. The molecule has 2 rings (SSSR count). The molecule has 2 aromatic rings. The number of carbonyl (C=O) groups is 2. The number of carbonyl (C=O) groups excluding carboxylic acids is 2. The van der Waals surface area contributed by atoms with E-state index in [-0.39, 0.29) is 6.61 Å². The zero-order valence-electron chi connectivity index (χ0n) is 17.0. The van der Waals surface area contributed by atoms with Crippen LogP contribution in [0, 0.1) is 0 Å². The van der Waals surface area contributed by atoms with Crippen molar-refractivity contribution in [1.82, 2.24) is 0 Å². The van der Waals surface area contributed by atoms with Gasteiger partial charge in [0.15, 0.2) is 6.10 Å². The average molecular weight is 384 g/mol. The summed E-state index contributed by atoms with van der Waals surface area (Å²) in [5, 5.41) is 0. The second-order valence-corrected chi connectivity index (χ2v) is 6.83. The summed E-state index contributed by atoms with van der Waals surface area (Å²) in [5.74, 6) is -0.813. The Morgan fingerprint density at radius 2 is 1.25 bits per heavy atom. The van der Waals surface area contributed by atoms with Gasteiger partial charge in [0.1, 0.15) is 13.2 Å². The molecule has 150 valence electrons. The number of ether oxygens (including phenoxy) is 2. The highest BCUT2D eigenvalue weighted by Gasteiger charge is 2.30. The van der Waals surface area contributed by atoms with Crippen molar-refractivity contribution in [2.24, 2.45) is 0 Å². The number of nitrogens with zero attached hydrogens (tertiary/aromatic N) is 1. The molecule has 1 atom stereocenters. The van der Waals surface area contributed by atoms with Crippen molar-refractivity contribution in [1.29, 1.82) is 0 Å². The van der Waals surface area contributed by atoms with E-state index in [1.54, 1.807) is 48.5 Å². The van der Waals surface area contributed by atoms with Crippen LogP contribution in [0.5, 0.6) is 0 Å². The van der Waals surface area contributed by atoms with Gasteiger partial charge in [-0.3, -0.25) is 0 Å². The van der Waals surface area contributed by atoms with Crippen LogP contribution in [0.25, 0.3) is 0 Å². The van der Waals surface area contributed by atoms with Gasteiger partial charge in [-0.1, -0.05) is 36.4 Å². The Labute approximate surface area is 167 Å². The van der Waals surface area contributed by atoms with Gasteiger partial charge >= 0.3 is 11.9 Å². The van der Waals surface area contributed by atoms with Gasteiger partial charge in [-0.15, -0.1) is 0 Å². The van der Waals surface area contributed by atoms with Crippen molar-refractivity contribution in [2.45, 2.75) is 26.9 Å². The number of hydrogen-bond donors (Lipinski definition) is 0. The van der Waals surface area contributed by atoms with E-state index in [9.17, 15) is 9.59 Å². The van der Waals surface area contributed by atoms with Crippen molar-refractivity contribution in [3.05, 3.63) is 71.8 Å². The maximum atomic E-state index is 12.6. The van der Waals surface area contributed by atoms with Crippen molar-refractivity contribution in [3.63, 3.8) is 0 Å². The molecule has 0 aliphatic heterocycles. The normalized spacial score (nSPS) is 12.2. The molecule has 0 fully saturated rings. The van der Waals surface area contributed by atoms with Crippen LogP contribution in [0.4, 0.5) is 0 Å². The largest absolute Gasteiger partial charge is 0.458 e. The third-order valence-electron chi connectivity index (χ3n) is 5.30. The molecule has 0 aromatic heterocycles. The van der Waals surface area contributed by atoms with Crippen molar-refractivity contribution in [2.75, 3.05) is 32.8 Å². The van der Waals surface area contributed by atoms with Gasteiger partial charge < -0.3 is 14.0 Å². The van der Waals surface area contributed by atoms with Crippen LogP contribution in [0.1, 0.15) is 41.5 Å². The first-order valence-electron chi connectivity index (χ1n) is 9.86. The lowest BCUT2D eigenvalue weighted by Gasteiger charge is -2.38. The summed E-state index contributed by atoms with van der Waals surface area (Å²) in [6.45, 7) is 9.75. The van der Waals surface area contributed by atoms with Gasteiger partial charge in [0.2, 0.25) is 0 Å². The maximum absolute atomic E-state index is 12.6. The fraction of sp³-hybridized carbons (Fsp3) is 0.391. The van der Waals surface area contributed by atoms with E-state index in [1.807, 2.05) is 12.1 Å². The molecule has 0 amide bonds. The number of benzene rings is 2. The highest BCUT2D eigenvalue weighted by Crippen LogP contribution is 2.13. The Bertz CT molecular complexity index is 733. The lowest BCUT2D eigenvalue weighted by Crippen LogP contribution is -2.53. The fourth-order valence-corrected chi connectivity index (χ4v) is 3.23. The van der Waals surface area contributed by atoms with Gasteiger partial charge in [-0.2, -0.15) is 0 Å². The summed E-state index contributed by atoms with van der Waals surface area (Å²) < 4.78 is 12.0. The summed E-state index contributed by atoms with van der Waals surface area (Å²) in [4.78, 5) is 24.9. The number of hydrogen-bond acceptors (Lipinski definition) is 4. The van der Waals surface area contributed by atoms with Crippen LogP contribution >= 0.6 is 0 Å². The summed E-state index contributed by atoms with van der Waals surface area (Å²) in [6, 6.07) is 17.7. The summed E-state index contributed by atoms with van der Waals surface area (Å²) in [7, 11) is 0. The van der Waals surface area contributed by atoms with Gasteiger partial charge in [0, 0.05) is 0 Å². The first-order valence-corrected chi connectivity index (χ1v) is 9.86. The fourth-order valence-electron chi connectivity index (χ4n) is 3.23. The number of esters is 2. The molecule has 0 saturated carbocycles. The van der Waals surface area contributed by atoms with E-state index >= 15 is 0 Å². The number of rotatable bonds is 10. The second-order valence-electron chi connectivity index (χ2n) is 6.83. The van der Waals surface area contributed by atoms with Gasteiger partial charge in [0.05, 0.1) is 30.8 Å². The molecule has 0 saturated heterocycles. The first-order chi connectivity index (χ1) is 13.5. The predicted octanol–water partition coefficient (Wildman–Crippen LogP) is 3.95. The second kappa shape index (κ2) is 10.6. The highest BCUT2D eigenvalue weighted by atomic mass is 16.6. The molecule has 0 aliphatic carbocycles. The third-order valence-corrected chi connectivity index (χ3v) is 5.30. The molecule has 28 heavy (non-hydrogen) atoms. The monoisotopic (exact) mass is 384 g/mol. The van der Waals surface area contributed by atoms with Crippen molar-refractivity contribution < 1.29 is 23.5 Å². The Morgan fingerprint density at radius 3 is 1.71 bits per heavy atom. The molecular formula is C23H30NO4+. The van der Waals surface area contributed by atoms with E-state index < -0.39 is 18.0 Å². The van der Waals surface area contributed by atoms with Crippen LogP contribution in [0.15, 0.2) is 60.7 Å². The quantitative estimate of drug-likeness (QED) is 0.460. The van der Waals surface area contributed by atoms with E-state index in [0.717, 1.165) is 24.1 Å². The van der Waals surface area contributed by atoms with Crippen LogP contribution < -0.4 is 0 Å². The lowest BCUT2D eigenvalue weighted by atomic mass is 10.2. The number of quaternary nitrogens is 1. The molecule has 5 heteroatoms. The smallest absolute Gasteiger partial charge is 0.338 e. The Balaban J connectivity index is 2.11. The molecule has 0 N–H and O–H groups in total. The maximum Gasteiger partial charge on any atom is 0.338 e. The minimum atomic E-state index is -0.514. The molecule has 5 nitrogen and oxygen atoms in total. The van der Waals surface area contributed by atoms with Crippen LogP contribution in [0.2, 0.25) is 0 Å². The first kappa shape index (κ1) is 21.6. The van der Waals surface area contributed by atoms with Gasteiger partial charge in [-0.05, 0) is 45.0 Å². The molecule has 1 unspecified atom stereocenters. The predicted molar refractivity (Wildman–Crippen MR) is 109 cm³/mol. The van der Waals surface area contributed by atoms with E-state index in [1.165, 1.54) is 0 Å². The molecule has 0 radical (unpaired) electrons. The standard InChI is InChI=1S/C23H30NO4/c1-4-24(5-2,6-3)17-21(28-23(26)20-15-11-8-12-16-20)18-27-22(25)19-13-9-7-10-14-19/h7-16,21H,4-6,17-18H2,1-3H3/q+1. The molecule has 0 heterocycles. The van der Waals surface area contributed by atoms with Crippen molar-refractivity contribution >= 4 is 11.9 Å². The van der Waals surface area contributed by atoms with Gasteiger partial charge in [-0.25, -0.2) is 9.59 Å². The molecule has 0 aliphatic rings. The summed E-state index contributed by atoms with van der Waals surface area (Å²) in [6.07, 6.45) is -0.514. The Hall–Kier alpha value is -2.66. The average Bonchev–Trinajstić information content (AvgIpc) is 2.76.